The quantitative estimate of drug-likeness (QED) is 0.623. The number of nitrogens with zero attached hydrogens (tertiary/aromatic N) is 3. The van der Waals surface area contributed by atoms with Crippen molar-refractivity contribution in [2.45, 2.75) is 32.6 Å². The molecule has 0 aliphatic carbocycles. The number of likely N-dealkylation sites (tertiary alicyclic amines) is 1. The molecule has 1 aliphatic rings. The predicted octanol–water partition coefficient (Wildman–Crippen LogP) is 5.14. The maximum absolute atomic E-state index is 13.9. The minimum Gasteiger partial charge on any atom is -0.324 e. The number of carbonyl (C=O) groups excluding carboxylic acids is 1. The molecule has 0 spiro atoms. The van der Waals surface area contributed by atoms with Crippen molar-refractivity contribution in [2.24, 2.45) is 5.92 Å². The second-order valence-electron chi connectivity index (χ2n) is 7.72. The molecule has 148 valence electrons. The Bertz CT molecular complexity index is 1090. The van der Waals surface area contributed by atoms with Gasteiger partial charge in [0.15, 0.2) is 0 Å². The van der Waals surface area contributed by atoms with E-state index in [1.54, 1.807) is 16.7 Å². The van der Waals surface area contributed by atoms with E-state index in [1.807, 2.05) is 42.2 Å². The van der Waals surface area contributed by atoms with Crippen LogP contribution in [0.4, 0.5) is 9.18 Å². The van der Waals surface area contributed by atoms with Gasteiger partial charge >= 0.3 is 6.03 Å². The number of aromatic nitrogens is 1. The lowest BCUT2D eigenvalue weighted by molar-refractivity contribution is 0.172. The van der Waals surface area contributed by atoms with Gasteiger partial charge in [0.25, 0.3) is 0 Å². The Morgan fingerprint density at radius 1 is 1.17 bits per heavy atom. The normalized spacial score (nSPS) is 14.9. The topological polar surface area (TPSA) is 49.0 Å². The van der Waals surface area contributed by atoms with Crippen LogP contribution in [0.1, 0.15) is 36.6 Å². The number of nitriles is 1. The van der Waals surface area contributed by atoms with E-state index < -0.39 is 0 Å². The minimum absolute atomic E-state index is 0.00843. The van der Waals surface area contributed by atoms with Gasteiger partial charge in [0.1, 0.15) is 5.82 Å². The van der Waals surface area contributed by atoms with E-state index in [4.69, 9.17) is 5.26 Å². The number of benzene rings is 2. The van der Waals surface area contributed by atoms with Crippen LogP contribution in [0, 0.1) is 23.1 Å². The zero-order valence-electron chi connectivity index (χ0n) is 16.6. The lowest BCUT2D eigenvalue weighted by Crippen LogP contribution is -2.41. The molecule has 4 rings (SSSR count). The largest absolute Gasteiger partial charge is 0.328 e. The Morgan fingerprint density at radius 2 is 1.93 bits per heavy atom. The molecule has 0 unspecified atom stereocenters. The van der Waals surface area contributed by atoms with Crippen LogP contribution in [0.5, 0.6) is 0 Å². The maximum Gasteiger partial charge on any atom is 0.328 e. The van der Waals surface area contributed by atoms with E-state index >= 15 is 0 Å². The van der Waals surface area contributed by atoms with Crippen LogP contribution in [0.2, 0.25) is 0 Å². The van der Waals surface area contributed by atoms with Crippen molar-refractivity contribution in [3.63, 3.8) is 0 Å². The van der Waals surface area contributed by atoms with Gasteiger partial charge in [0, 0.05) is 24.2 Å². The molecule has 0 radical (unpaired) electrons. The molecule has 1 aliphatic heterocycles. The number of rotatable bonds is 3. The van der Waals surface area contributed by atoms with E-state index in [0.717, 1.165) is 47.8 Å². The van der Waals surface area contributed by atoms with Gasteiger partial charge in [0.05, 0.1) is 17.1 Å². The number of hydrogen-bond acceptors (Lipinski definition) is 2. The van der Waals surface area contributed by atoms with Crippen molar-refractivity contribution in [1.29, 1.82) is 5.26 Å². The fourth-order valence-electron chi connectivity index (χ4n) is 4.27. The molecule has 5 heteroatoms. The standard InChI is InChI=1S/C24H24FN3O/c1-2-21-15-20-14-18(16-26)7-8-23(20)28(21)24(29)27-11-9-17(10-12-27)13-19-5-3-4-6-22(19)25/h3-8,14-15,17H,2,9-13H2,1H3. The van der Waals surface area contributed by atoms with Gasteiger partial charge < -0.3 is 4.90 Å². The molecule has 1 fully saturated rings. The molecule has 0 saturated carbocycles. The zero-order chi connectivity index (χ0) is 20.4. The summed E-state index contributed by atoms with van der Waals surface area (Å²) in [4.78, 5) is 15.2. The number of carbonyl (C=O) groups is 1. The van der Waals surface area contributed by atoms with E-state index in [-0.39, 0.29) is 11.8 Å². The summed E-state index contributed by atoms with van der Waals surface area (Å²) < 4.78 is 15.7. The number of fused-ring (bicyclic) bond motifs is 1. The Kier molecular flexibility index (Phi) is 5.35. The first-order valence-corrected chi connectivity index (χ1v) is 10.2. The number of halogens is 1. The van der Waals surface area contributed by atoms with E-state index in [9.17, 15) is 9.18 Å². The highest BCUT2D eigenvalue weighted by Crippen LogP contribution is 2.26. The third-order valence-electron chi connectivity index (χ3n) is 5.91. The minimum atomic E-state index is -0.144. The zero-order valence-corrected chi connectivity index (χ0v) is 16.6. The van der Waals surface area contributed by atoms with Crippen LogP contribution in [0.25, 0.3) is 10.9 Å². The highest BCUT2D eigenvalue weighted by molar-refractivity contribution is 5.93. The first-order valence-electron chi connectivity index (χ1n) is 10.2. The number of amides is 1. The molecule has 2 heterocycles. The molecule has 3 aromatic rings. The van der Waals surface area contributed by atoms with Crippen molar-refractivity contribution in [3.8, 4) is 6.07 Å². The summed E-state index contributed by atoms with van der Waals surface area (Å²) in [5, 5.41) is 10.1. The summed E-state index contributed by atoms with van der Waals surface area (Å²) in [6.45, 7) is 3.39. The molecule has 29 heavy (non-hydrogen) atoms. The molecular formula is C24H24FN3O. The Labute approximate surface area is 170 Å². The smallest absolute Gasteiger partial charge is 0.324 e. The summed E-state index contributed by atoms with van der Waals surface area (Å²) in [7, 11) is 0. The molecular weight excluding hydrogens is 365 g/mol. The van der Waals surface area contributed by atoms with E-state index in [0.29, 0.717) is 24.6 Å². The van der Waals surface area contributed by atoms with Gasteiger partial charge in [-0.3, -0.25) is 4.57 Å². The van der Waals surface area contributed by atoms with E-state index in [1.165, 1.54) is 6.07 Å². The summed E-state index contributed by atoms with van der Waals surface area (Å²) in [5.41, 5.74) is 3.15. The van der Waals surface area contributed by atoms with Crippen LogP contribution in [-0.4, -0.2) is 28.6 Å². The summed E-state index contributed by atoms with van der Waals surface area (Å²) in [5.74, 6) is 0.246. The monoisotopic (exact) mass is 389 g/mol. The molecule has 0 bridgehead atoms. The average molecular weight is 389 g/mol. The average Bonchev–Trinajstić information content (AvgIpc) is 3.13. The molecule has 0 N–H and O–H groups in total. The highest BCUT2D eigenvalue weighted by Gasteiger charge is 2.26. The predicted molar refractivity (Wildman–Crippen MR) is 111 cm³/mol. The van der Waals surface area contributed by atoms with Gasteiger partial charge in [0.2, 0.25) is 0 Å². The number of piperidine rings is 1. The van der Waals surface area contributed by atoms with Crippen molar-refractivity contribution in [2.75, 3.05) is 13.1 Å². The van der Waals surface area contributed by atoms with Crippen LogP contribution < -0.4 is 0 Å². The third kappa shape index (κ3) is 3.75. The van der Waals surface area contributed by atoms with Gasteiger partial charge in [-0.15, -0.1) is 0 Å². The fourth-order valence-corrected chi connectivity index (χ4v) is 4.27. The Hall–Kier alpha value is -3.13. The van der Waals surface area contributed by atoms with E-state index in [2.05, 4.69) is 6.07 Å². The van der Waals surface area contributed by atoms with Crippen molar-refractivity contribution >= 4 is 16.9 Å². The molecule has 1 amide bonds. The highest BCUT2D eigenvalue weighted by atomic mass is 19.1. The van der Waals surface area contributed by atoms with Gasteiger partial charge in [-0.2, -0.15) is 5.26 Å². The number of hydrogen-bond donors (Lipinski definition) is 0. The van der Waals surface area contributed by atoms with Crippen LogP contribution >= 0.6 is 0 Å². The van der Waals surface area contributed by atoms with Gasteiger partial charge in [-0.05, 0) is 67.5 Å². The second kappa shape index (κ2) is 8.08. The molecule has 0 atom stereocenters. The number of aryl methyl sites for hydroxylation is 1. The van der Waals surface area contributed by atoms with Crippen molar-refractivity contribution in [3.05, 3.63) is 71.2 Å². The molecule has 2 aromatic carbocycles. The van der Waals surface area contributed by atoms with Crippen LogP contribution in [0.3, 0.4) is 0 Å². The first kappa shape index (κ1) is 19.2. The summed E-state index contributed by atoms with van der Waals surface area (Å²) in [6, 6.07) is 16.5. The van der Waals surface area contributed by atoms with Crippen molar-refractivity contribution in [1.82, 2.24) is 9.47 Å². The fraction of sp³-hybridized carbons (Fsp3) is 0.333. The molecule has 1 aromatic heterocycles. The van der Waals surface area contributed by atoms with Gasteiger partial charge in [-0.1, -0.05) is 25.1 Å². The maximum atomic E-state index is 13.9. The van der Waals surface area contributed by atoms with Crippen LogP contribution in [-0.2, 0) is 12.8 Å². The lowest BCUT2D eigenvalue weighted by Gasteiger charge is -2.32. The second-order valence-corrected chi connectivity index (χ2v) is 7.72. The summed E-state index contributed by atoms with van der Waals surface area (Å²) in [6.07, 6.45) is 3.21. The third-order valence-corrected chi connectivity index (χ3v) is 5.91. The van der Waals surface area contributed by atoms with Crippen molar-refractivity contribution < 1.29 is 9.18 Å². The molecule has 4 nitrogen and oxygen atoms in total. The Balaban J connectivity index is 1.50. The SMILES string of the molecule is CCc1cc2cc(C#N)ccc2n1C(=O)N1CCC(Cc2ccccc2F)CC1. The first-order chi connectivity index (χ1) is 14.1. The van der Waals surface area contributed by atoms with Gasteiger partial charge in [-0.25, -0.2) is 9.18 Å². The lowest BCUT2D eigenvalue weighted by atomic mass is 9.90. The molecule has 1 saturated heterocycles. The summed E-state index contributed by atoms with van der Waals surface area (Å²) >= 11 is 0. The van der Waals surface area contributed by atoms with Crippen LogP contribution in [0.15, 0.2) is 48.5 Å². The Morgan fingerprint density at radius 3 is 2.62 bits per heavy atom.